The normalized spacial score (nSPS) is 31.0. The van der Waals surface area contributed by atoms with Crippen molar-refractivity contribution in [2.45, 2.75) is 50.2 Å². The van der Waals surface area contributed by atoms with Crippen LogP contribution < -0.4 is 10.1 Å². The second-order valence-corrected chi connectivity index (χ2v) is 6.29. The van der Waals surface area contributed by atoms with Crippen molar-refractivity contribution in [1.82, 2.24) is 10.2 Å². The van der Waals surface area contributed by atoms with Crippen molar-refractivity contribution in [3.05, 3.63) is 29.8 Å². The molecule has 1 saturated heterocycles. The fourth-order valence-corrected chi connectivity index (χ4v) is 4.10. The lowest BCUT2D eigenvalue weighted by molar-refractivity contribution is 0.188. The van der Waals surface area contributed by atoms with Gasteiger partial charge in [-0.05, 0) is 37.0 Å². The molecule has 0 aromatic heterocycles. The summed E-state index contributed by atoms with van der Waals surface area (Å²) in [5.41, 5.74) is 1.39. The van der Waals surface area contributed by atoms with Gasteiger partial charge >= 0.3 is 0 Å². The highest BCUT2D eigenvalue weighted by atomic mass is 16.5. The van der Waals surface area contributed by atoms with E-state index in [1.54, 1.807) is 7.11 Å². The van der Waals surface area contributed by atoms with Crippen LogP contribution in [0.2, 0.25) is 0 Å². The van der Waals surface area contributed by atoms with Gasteiger partial charge in [-0.15, -0.1) is 0 Å². The van der Waals surface area contributed by atoms with E-state index in [0.717, 1.165) is 24.7 Å². The molecule has 1 aromatic carbocycles. The number of ether oxygens (including phenoxy) is 1. The maximum absolute atomic E-state index is 5.28. The van der Waals surface area contributed by atoms with Crippen LogP contribution in [-0.4, -0.2) is 36.6 Å². The summed E-state index contributed by atoms with van der Waals surface area (Å²) in [4.78, 5) is 7.30. The Bertz CT molecular complexity index is 539. The Morgan fingerprint density at radius 1 is 1.14 bits per heavy atom. The summed E-state index contributed by atoms with van der Waals surface area (Å²) in [7, 11) is 1.72. The van der Waals surface area contributed by atoms with Gasteiger partial charge in [0.25, 0.3) is 0 Å². The molecule has 2 fully saturated rings. The van der Waals surface area contributed by atoms with Crippen LogP contribution >= 0.6 is 0 Å². The summed E-state index contributed by atoms with van der Waals surface area (Å²) in [6, 6.07) is 10.3. The summed E-state index contributed by atoms with van der Waals surface area (Å²) in [6.45, 7) is 0.926. The van der Waals surface area contributed by atoms with Crippen LogP contribution in [0.3, 0.4) is 0 Å². The standard InChI is InChI=1S/C17H23N3O/c1-21-13-8-6-12(7-9-13)15-10-11-18-17-19-14-4-2-3-5-16(14)20(15)17/h6-9,14-16H,2-5,10-11H2,1H3,(H,18,19). The summed E-state index contributed by atoms with van der Waals surface area (Å²) in [6.07, 6.45) is 6.39. The Hall–Kier alpha value is -1.71. The van der Waals surface area contributed by atoms with Gasteiger partial charge < -0.3 is 15.0 Å². The molecule has 1 saturated carbocycles. The topological polar surface area (TPSA) is 36.9 Å². The first-order valence-electron chi connectivity index (χ1n) is 8.10. The van der Waals surface area contributed by atoms with Gasteiger partial charge in [0, 0.05) is 12.6 Å². The fraction of sp³-hybridized carbons (Fsp3) is 0.588. The Balaban J connectivity index is 1.64. The number of aliphatic imine (C=N–C) groups is 1. The first-order valence-corrected chi connectivity index (χ1v) is 8.10. The molecule has 1 aliphatic carbocycles. The van der Waals surface area contributed by atoms with Gasteiger partial charge in [-0.2, -0.15) is 0 Å². The summed E-state index contributed by atoms with van der Waals surface area (Å²) in [5, 5.41) is 3.67. The van der Waals surface area contributed by atoms with Crippen LogP contribution in [-0.2, 0) is 0 Å². The van der Waals surface area contributed by atoms with Gasteiger partial charge in [0.05, 0.1) is 19.2 Å². The average molecular weight is 285 g/mol. The Kier molecular flexibility index (Phi) is 3.24. The molecule has 1 N–H and O–H groups in total. The quantitative estimate of drug-likeness (QED) is 0.907. The number of benzene rings is 1. The van der Waals surface area contributed by atoms with E-state index >= 15 is 0 Å². The predicted octanol–water partition coefficient (Wildman–Crippen LogP) is 2.71. The van der Waals surface area contributed by atoms with Gasteiger partial charge in [0.1, 0.15) is 5.75 Å². The van der Waals surface area contributed by atoms with Crippen molar-refractivity contribution >= 4 is 5.96 Å². The van der Waals surface area contributed by atoms with Gasteiger partial charge in [-0.3, -0.25) is 4.99 Å². The molecule has 21 heavy (non-hydrogen) atoms. The second kappa shape index (κ2) is 5.24. The Morgan fingerprint density at radius 2 is 1.95 bits per heavy atom. The van der Waals surface area contributed by atoms with Crippen LogP contribution in [0.4, 0.5) is 0 Å². The number of fused-ring (bicyclic) bond motifs is 3. The van der Waals surface area contributed by atoms with Crippen molar-refractivity contribution in [3.8, 4) is 5.75 Å². The maximum atomic E-state index is 5.28. The van der Waals surface area contributed by atoms with E-state index < -0.39 is 0 Å². The van der Waals surface area contributed by atoms with Crippen molar-refractivity contribution in [2.75, 3.05) is 13.7 Å². The van der Waals surface area contributed by atoms with Crippen LogP contribution in [0, 0.1) is 0 Å². The molecular formula is C17H23N3O. The van der Waals surface area contributed by atoms with Gasteiger partial charge in [-0.25, -0.2) is 0 Å². The largest absolute Gasteiger partial charge is 0.497 e. The highest BCUT2D eigenvalue weighted by Crippen LogP contribution is 2.38. The molecular weight excluding hydrogens is 262 g/mol. The molecule has 0 amide bonds. The maximum Gasteiger partial charge on any atom is 0.195 e. The van der Waals surface area contributed by atoms with Gasteiger partial charge in [0.15, 0.2) is 5.96 Å². The lowest BCUT2D eigenvalue weighted by atomic mass is 9.89. The molecule has 1 aromatic rings. The van der Waals surface area contributed by atoms with Gasteiger partial charge in [0.2, 0.25) is 0 Å². The Labute approximate surface area is 126 Å². The first kappa shape index (κ1) is 13.0. The molecule has 3 unspecified atom stereocenters. The fourth-order valence-electron chi connectivity index (χ4n) is 4.10. The lowest BCUT2D eigenvalue weighted by Crippen LogP contribution is -2.43. The van der Waals surface area contributed by atoms with E-state index in [1.807, 2.05) is 0 Å². The van der Waals surface area contributed by atoms with Crippen LogP contribution in [0.1, 0.15) is 43.7 Å². The van der Waals surface area contributed by atoms with E-state index in [4.69, 9.17) is 9.73 Å². The van der Waals surface area contributed by atoms with E-state index in [-0.39, 0.29) is 0 Å². The Morgan fingerprint density at radius 3 is 2.76 bits per heavy atom. The van der Waals surface area contributed by atoms with E-state index in [9.17, 15) is 0 Å². The molecule has 3 atom stereocenters. The van der Waals surface area contributed by atoms with Crippen molar-refractivity contribution in [2.24, 2.45) is 4.99 Å². The number of hydrogen-bond donors (Lipinski definition) is 1. The average Bonchev–Trinajstić information content (AvgIpc) is 2.93. The third kappa shape index (κ3) is 2.17. The van der Waals surface area contributed by atoms with E-state index in [2.05, 4.69) is 34.5 Å². The molecule has 4 nitrogen and oxygen atoms in total. The summed E-state index contributed by atoms with van der Waals surface area (Å²) < 4.78 is 5.28. The second-order valence-electron chi connectivity index (χ2n) is 6.29. The summed E-state index contributed by atoms with van der Waals surface area (Å²) in [5.74, 6) is 2.07. The van der Waals surface area contributed by atoms with Crippen molar-refractivity contribution in [1.29, 1.82) is 0 Å². The van der Waals surface area contributed by atoms with Crippen molar-refractivity contribution in [3.63, 3.8) is 0 Å². The zero-order valence-corrected chi connectivity index (χ0v) is 12.6. The van der Waals surface area contributed by atoms with Crippen molar-refractivity contribution < 1.29 is 4.74 Å². The predicted molar refractivity (Wildman–Crippen MR) is 83.7 cm³/mol. The zero-order chi connectivity index (χ0) is 14.2. The third-order valence-electron chi connectivity index (χ3n) is 5.15. The van der Waals surface area contributed by atoms with E-state index in [0.29, 0.717) is 18.1 Å². The first-order chi connectivity index (χ1) is 10.4. The molecule has 0 spiro atoms. The summed E-state index contributed by atoms with van der Waals surface area (Å²) >= 11 is 0. The molecule has 2 aliphatic heterocycles. The number of guanidine groups is 1. The molecule has 2 heterocycles. The number of nitrogens with zero attached hydrogens (tertiary/aromatic N) is 2. The molecule has 4 rings (SSSR count). The zero-order valence-electron chi connectivity index (χ0n) is 12.6. The van der Waals surface area contributed by atoms with E-state index in [1.165, 1.54) is 31.2 Å². The minimum absolute atomic E-state index is 0.462. The minimum atomic E-state index is 0.462. The molecule has 0 radical (unpaired) electrons. The monoisotopic (exact) mass is 285 g/mol. The number of rotatable bonds is 2. The van der Waals surface area contributed by atoms with Crippen LogP contribution in [0.25, 0.3) is 0 Å². The number of hydrogen-bond acceptors (Lipinski definition) is 4. The van der Waals surface area contributed by atoms with Crippen LogP contribution in [0.5, 0.6) is 5.75 Å². The smallest absolute Gasteiger partial charge is 0.195 e. The minimum Gasteiger partial charge on any atom is -0.497 e. The van der Waals surface area contributed by atoms with Gasteiger partial charge in [-0.1, -0.05) is 25.0 Å². The molecule has 0 bridgehead atoms. The highest BCUT2D eigenvalue weighted by molar-refractivity contribution is 5.84. The molecule has 4 heteroatoms. The van der Waals surface area contributed by atoms with Crippen LogP contribution in [0.15, 0.2) is 29.3 Å². The molecule has 112 valence electrons. The lowest BCUT2D eigenvalue weighted by Gasteiger charge is -2.38. The number of nitrogens with one attached hydrogen (secondary N) is 1. The highest BCUT2D eigenvalue weighted by Gasteiger charge is 2.43. The third-order valence-corrected chi connectivity index (χ3v) is 5.15. The molecule has 3 aliphatic rings. The number of methoxy groups -OCH3 is 1. The SMILES string of the molecule is COc1ccc(C2CCN=C3NC4CCCCC4N32)cc1.